The molecule has 3 heterocycles. The molecule has 0 saturated carbocycles. The number of rotatable bonds is 5. The summed E-state index contributed by atoms with van der Waals surface area (Å²) in [5, 5.41) is 0. The number of carbonyl (C=O) groups excluding carboxylic acids is 1. The van der Waals surface area contributed by atoms with Gasteiger partial charge in [0.15, 0.2) is 0 Å². The quantitative estimate of drug-likeness (QED) is 0.755. The number of benzene rings is 1. The smallest absolute Gasteiger partial charge is 0.254 e. The number of ether oxygens (including phenoxy) is 2. The molecule has 7 nitrogen and oxygen atoms in total. The van der Waals surface area contributed by atoms with Crippen LogP contribution in [0.2, 0.25) is 0 Å². The van der Waals surface area contributed by atoms with E-state index in [0.717, 1.165) is 37.3 Å². The molecule has 2 saturated heterocycles. The van der Waals surface area contributed by atoms with Crippen LogP contribution >= 0.6 is 0 Å². The second-order valence-corrected chi connectivity index (χ2v) is 8.15. The molecule has 160 valence electrons. The Balaban J connectivity index is 1.36. The summed E-state index contributed by atoms with van der Waals surface area (Å²) in [6.45, 7) is 4.91. The van der Waals surface area contributed by atoms with E-state index in [1.54, 1.807) is 18.7 Å². The van der Waals surface area contributed by atoms with Crippen LogP contribution in [0.5, 0.6) is 5.75 Å². The van der Waals surface area contributed by atoms with Crippen LogP contribution in [0.3, 0.4) is 0 Å². The molecule has 0 aliphatic carbocycles. The number of amides is 1. The first kappa shape index (κ1) is 20.5. The van der Waals surface area contributed by atoms with Gasteiger partial charge in [-0.2, -0.15) is 0 Å². The molecular weight excluding hydrogens is 382 g/mol. The summed E-state index contributed by atoms with van der Waals surface area (Å²) in [6, 6.07) is 11.2. The van der Waals surface area contributed by atoms with Crippen molar-refractivity contribution in [3.63, 3.8) is 0 Å². The topological polar surface area (TPSA) is 64.0 Å². The van der Waals surface area contributed by atoms with Gasteiger partial charge in [0, 0.05) is 63.2 Å². The number of anilines is 1. The molecule has 0 bridgehead atoms. The molecule has 1 aromatic heterocycles. The third kappa shape index (κ3) is 4.21. The number of aryl methyl sites for hydroxylation is 1. The summed E-state index contributed by atoms with van der Waals surface area (Å²) in [4.78, 5) is 29.0. The summed E-state index contributed by atoms with van der Waals surface area (Å²) in [6.07, 6.45) is 1.96. The van der Waals surface area contributed by atoms with E-state index in [0.29, 0.717) is 24.4 Å². The molecule has 0 N–H and O–H groups in total. The number of nitrogens with zero attached hydrogens (tertiary/aromatic N) is 3. The zero-order valence-corrected chi connectivity index (χ0v) is 17.8. The standard InChI is InChI=1S/C23H29N3O4/c1-16-12-21(13-22(27)24(16)2)30-20-9-11-26(15-20)23(28)17-4-6-18(7-5-17)25-10-8-19(14-25)29-3/h4-7,12-13,19-20H,8-11,14-15H2,1-3H3. The zero-order chi connectivity index (χ0) is 21.3. The van der Waals surface area contributed by atoms with Crippen molar-refractivity contribution in [1.29, 1.82) is 0 Å². The highest BCUT2D eigenvalue weighted by Crippen LogP contribution is 2.24. The van der Waals surface area contributed by atoms with E-state index < -0.39 is 0 Å². The van der Waals surface area contributed by atoms with Crippen molar-refractivity contribution in [3.05, 3.63) is 58.0 Å². The van der Waals surface area contributed by atoms with Crippen LogP contribution in [-0.2, 0) is 11.8 Å². The maximum Gasteiger partial charge on any atom is 0.254 e. The molecule has 2 atom stereocenters. The lowest BCUT2D eigenvalue weighted by molar-refractivity contribution is 0.0772. The Bertz CT molecular complexity index is 969. The van der Waals surface area contributed by atoms with E-state index in [2.05, 4.69) is 4.90 Å². The van der Waals surface area contributed by atoms with Crippen molar-refractivity contribution in [2.45, 2.75) is 32.0 Å². The van der Waals surface area contributed by atoms with Gasteiger partial charge in [-0.1, -0.05) is 0 Å². The Morgan fingerprint density at radius 2 is 1.77 bits per heavy atom. The van der Waals surface area contributed by atoms with Gasteiger partial charge in [0.05, 0.1) is 12.6 Å². The molecule has 1 aromatic carbocycles. The van der Waals surface area contributed by atoms with Gasteiger partial charge in [-0.15, -0.1) is 0 Å². The SMILES string of the molecule is COC1CCN(c2ccc(C(=O)N3CCC(Oc4cc(C)n(C)c(=O)c4)C3)cc2)C1. The van der Waals surface area contributed by atoms with E-state index >= 15 is 0 Å². The second kappa shape index (κ2) is 8.52. The Morgan fingerprint density at radius 1 is 1.03 bits per heavy atom. The van der Waals surface area contributed by atoms with Gasteiger partial charge in [0.2, 0.25) is 0 Å². The predicted molar refractivity (Wildman–Crippen MR) is 115 cm³/mol. The van der Waals surface area contributed by atoms with Crippen LogP contribution in [0.15, 0.2) is 41.2 Å². The lowest BCUT2D eigenvalue weighted by atomic mass is 10.1. The third-order valence-corrected chi connectivity index (χ3v) is 6.17. The Hall–Kier alpha value is -2.80. The Labute approximate surface area is 176 Å². The zero-order valence-electron chi connectivity index (χ0n) is 17.8. The normalized spacial score (nSPS) is 21.3. The van der Waals surface area contributed by atoms with Gasteiger partial charge >= 0.3 is 0 Å². The van der Waals surface area contributed by atoms with Crippen LogP contribution in [0.25, 0.3) is 0 Å². The highest BCUT2D eigenvalue weighted by atomic mass is 16.5. The summed E-state index contributed by atoms with van der Waals surface area (Å²) in [5.74, 6) is 0.586. The van der Waals surface area contributed by atoms with E-state index in [4.69, 9.17) is 9.47 Å². The van der Waals surface area contributed by atoms with Crippen LogP contribution in [-0.4, -0.2) is 60.9 Å². The first-order chi connectivity index (χ1) is 14.4. The fourth-order valence-electron chi connectivity index (χ4n) is 4.16. The van der Waals surface area contributed by atoms with Gasteiger partial charge in [0.25, 0.3) is 11.5 Å². The fourth-order valence-corrected chi connectivity index (χ4v) is 4.16. The van der Waals surface area contributed by atoms with Crippen molar-refractivity contribution < 1.29 is 14.3 Å². The molecule has 0 spiro atoms. The molecule has 2 fully saturated rings. The average Bonchev–Trinajstić information content (AvgIpc) is 3.41. The Morgan fingerprint density at radius 3 is 2.43 bits per heavy atom. The van der Waals surface area contributed by atoms with Gasteiger partial charge in [-0.3, -0.25) is 9.59 Å². The molecule has 1 amide bonds. The Kier molecular flexibility index (Phi) is 5.81. The second-order valence-electron chi connectivity index (χ2n) is 8.15. The lowest BCUT2D eigenvalue weighted by Gasteiger charge is -2.20. The molecule has 2 aromatic rings. The molecule has 2 aliphatic rings. The van der Waals surface area contributed by atoms with E-state index in [-0.39, 0.29) is 23.7 Å². The number of pyridine rings is 1. The molecule has 0 radical (unpaired) electrons. The van der Waals surface area contributed by atoms with Crippen molar-refractivity contribution in [3.8, 4) is 5.75 Å². The first-order valence-corrected chi connectivity index (χ1v) is 10.5. The summed E-state index contributed by atoms with van der Waals surface area (Å²) < 4.78 is 13.0. The van der Waals surface area contributed by atoms with Crippen molar-refractivity contribution in [1.82, 2.24) is 9.47 Å². The maximum absolute atomic E-state index is 12.9. The van der Waals surface area contributed by atoms with Crippen molar-refractivity contribution in [2.75, 3.05) is 38.2 Å². The minimum atomic E-state index is -0.102. The first-order valence-electron chi connectivity index (χ1n) is 10.5. The van der Waals surface area contributed by atoms with E-state index in [1.807, 2.05) is 42.2 Å². The van der Waals surface area contributed by atoms with E-state index in [1.165, 1.54) is 6.07 Å². The molecule has 2 unspecified atom stereocenters. The van der Waals surface area contributed by atoms with Crippen molar-refractivity contribution in [2.24, 2.45) is 7.05 Å². The third-order valence-electron chi connectivity index (χ3n) is 6.17. The van der Waals surface area contributed by atoms with Crippen LogP contribution < -0.4 is 15.2 Å². The summed E-state index contributed by atoms with van der Waals surface area (Å²) in [7, 11) is 3.49. The fraction of sp³-hybridized carbons (Fsp3) is 0.478. The van der Waals surface area contributed by atoms with Gasteiger partial charge in [-0.05, 0) is 43.7 Å². The maximum atomic E-state index is 12.9. The number of hydrogen-bond donors (Lipinski definition) is 0. The minimum Gasteiger partial charge on any atom is -0.488 e. The highest BCUT2D eigenvalue weighted by Gasteiger charge is 2.29. The number of aromatic nitrogens is 1. The number of carbonyl (C=O) groups is 1. The van der Waals surface area contributed by atoms with Gasteiger partial charge < -0.3 is 23.8 Å². The average molecular weight is 412 g/mol. The van der Waals surface area contributed by atoms with Crippen LogP contribution in [0.4, 0.5) is 5.69 Å². The largest absolute Gasteiger partial charge is 0.488 e. The molecule has 2 aliphatic heterocycles. The molecular formula is C23H29N3O4. The number of methoxy groups -OCH3 is 1. The monoisotopic (exact) mass is 411 g/mol. The molecule has 30 heavy (non-hydrogen) atoms. The summed E-state index contributed by atoms with van der Waals surface area (Å²) >= 11 is 0. The number of hydrogen-bond acceptors (Lipinski definition) is 5. The van der Waals surface area contributed by atoms with E-state index in [9.17, 15) is 9.59 Å². The van der Waals surface area contributed by atoms with Gasteiger partial charge in [0.1, 0.15) is 11.9 Å². The van der Waals surface area contributed by atoms with Crippen LogP contribution in [0, 0.1) is 6.92 Å². The minimum absolute atomic E-state index is 0.0176. The molecule has 7 heteroatoms. The lowest BCUT2D eigenvalue weighted by Crippen LogP contribution is -2.31. The van der Waals surface area contributed by atoms with Crippen LogP contribution in [0.1, 0.15) is 28.9 Å². The predicted octanol–water partition coefficient (Wildman–Crippen LogP) is 2.21. The summed E-state index contributed by atoms with van der Waals surface area (Å²) in [5.41, 5.74) is 2.56. The molecule has 4 rings (SSSR count). The van der Waals surface area contributed by atoms with Crippen molar-refractivity contribution >= 4 is 11.6 Å². The number of likely N-dealkylation sites (tertiary alicyclic amines) is 1. The highest BCUT2D eigenvalue weighted by molar-refractivity contribution is 5.94. The van der Waals surface area contributed by atoms with Gasteiger partial charge in [-0.25, -0.2) is 0 Å².